The molecule has 0 atom stereocenters. The Morgan fingerprint density at radius 2 is 1.85 bits per heavy atom. The Morgan fingerprint density at radius 1 is 1.19 bits per heavy atom. The van der Waals surface area contributed by atoms with Crippen LogP contribution in [0.1, 0.15) is 5.56 Å². The van der Waals surface area contributed by atoms with Gasteiger partial charge in [0.25, 0.3) is 15.7 Å². The maximum absolute atomic E-state index is 12.9. The van der Waals surface area contributed by atoms with Gasteiger partial charge in [-0.1, -0.05) is 23.9 Å². The minimum absolute atomic E-state index is 0.0191. The highest BCUT2D eigenvalue weighted by molar-refractivity contribution is 8.14. The van der Waals surface area contributed by atoms with Crippen LogP contribution < -0.4 is 4.74 Å². The number of sulfonamides is 1. The zero-order chi connectivity index (χ0) is 19.4. The first-order valence-corrected chi connectivity index (χ1v) is 10.4. The standard InChI is InChI=1S/C17H17N3O5S2/c1-25-15-6-8-16(9-7-15)27(23,24)19-11-10-18-17(19)26-12-13-2-4-14(5-3-13)20(21)22/h2-9H,10-12H2,1H3. The third-order valence-corrected chi connectivity index (χ3v) is 6.93. The number of ether oxygens (including phenoxy) is 1. The SMILES string of the molecule is COc1ccc(S(=O)(=O)N2CCN=C2SCc2ccc([N+](=O)[O-])cc2)cc1. The van der Waals surface area contributed by atoms with E-state index in [1.165, 1.54) is 47.4 Å². The van der Waals surface area contributed by atoms with Gasteiger partial charge in [0.1, 0.15) is 5.75 Å². The molecule has 0 saturated carbocycles. The molecule has 0 amide bonds. The fraction of sp³-hybridized carbons (Fsp3) is 0.235. The largest absolute Gasteiger partial charge is 0.497 e. The lowest BCUT2D eigenvalue weighted by atomic mass is 10.2. The summed E-state index contributed by atoms with van der Waals surface area (Å²) < 4.78 is 32.1. The summed E-state index contributed by atoms with van der Waals surface area (Å²) in [4.78, 5) is 14.7. The van der Waals surface area contributed by atoms with Crippen molar-refractivity contribution in [1.82, 2.24) is 4.31 Å². The molecule has 0 spiro atoms. The molecule has 0 fully saturated rings. The number of methoxy groups -OCH3 is 1. The van der Waals surface area contributed by atoms with E-state index >= 15 is 0 Å². The predicted molar refractivity (Wildman–Crippen MR) is 104 cm³/mol. The van der Waals surface area contributed by atoms with Gasteiger partial charge in [-0.05, 0) is 29.8 Å². The summed E-state index contributed by atoms with van der Waals surface area (Å²) >= 11 is 1.29. The Labute approximate surface area is 161 Å². The number of benzene rings is 2. The molecule has 142 valence electrons. The number of amidine groups is 1. The summed E-state index contributed by atoms with van der Waals surface area (Å²) in [6.45, 7) is 0.689. The highest BCUT2D eigenvalue weighted by atomic mass is 32.2. The summed E-state index contributed by atoms with van der Waals surface area (Å²) in [6, 6.07) is 12.4. The number of rotatable bonds is 6. The summed E-state index contributed by atoms with van der Waals surface area (Å²) in [6.07, 6.45) is 0. The average Bonchev–Trinajstić information content (AvgIpc) is 3.16. The van der Waals surface area contributed by atoms with Crippen molar-refractivity contribution in [2.45, 2.75) is 10.6 Å². The van der Waals surface area contributed by atoms with Crippen LogP contribution >= 0.6 is 11.8 Å². The number of aliphatic imine (C=N–C) groups is 1. The summed E-state index contributed by atoms with van der Waals surface area (Å²) in [5, 5.41) is 11.1. The van der Waals surface area contributed by atoms with Gasteiger partial charge in [0.2, 0.25) is 0 Å². The van der Waals surface area contributed by atoms with Crippen LogP contribution in [0.2, 0.25) is 0 Å². The molecule has 0 saturated heterocycles. The maximum Gasteiger partial charge on any atom is 0.269 e. The maximum atomic E-state index is 12.9. The smallest absolute Gasteiger partial charge is 0.269 e. The molecule has 0 aromatic heterocycles. The first-order valence-electron chi connectivity index (χ1n) is 7.99. The van der Waals surface area contributed by atoms with E-state index in [0.717, 1.165) is 5.56 Å². The van der Waals surface area contributed by atoms with Crippen LogP contribution in [0.25, 0.3) is 0 Å². The normalized spacial score (nSPS) is 14.1. The second-order valence-electron chi connectivity index (χ2n) is 5.63. The van der Waals surface area contributed by atoms with Gasteiger partial charge >= 0.3 is 0 Å². The molecule has 1 heterocycles. The molecule has 0 bridgehead atoms. The number of nitro groups is 1. The van der Waals surface area contributed by atoms with E-state index in [0.29, 0.717) is 23.2 Å². The van der Waals surface area contributed by atoms with Crippen LogP contribution in [0, 0.1) is 10.1 Å². The predicted octanol–water partition coefficient (Wildman–Crippen LogP) is 2.90. The monoisotopic (exact) mass is 407 g/mol. The Hall–Kier alpha value is -2.59. The van der Waals surface area contributed by atoms with Crippen LogP contribution in [0.15, 0.2) is 58.4 Å². The number of hydrogen-bond donors (Lipinski definition) is 0. The number of hydrogen-bond acceptors (Lipinski definition) is 7. The van der Waals surface area contributed by atoms with Crippen molar-refractivity contribution in [2.24, 2.45) is 4.99 Å². The van der Waals surface area contributed by atoms with Crippen molar-refractivity contribution in [1.29, 1.82) is 0 Å². The van der Waals surface area contributed by atoms with E-state index in [-0.39, 0.29) is 17.1 Å². The van der Waals surface area contributed by atoms with E-state index in [4.69, 9.17) is 4.74 Å². The lowest BCUT2D eigenvalue weighted by Crippen LogP contribution is -2.32. The molecule has 2 aromatic rings. The van der Waals surface area contributed by atoms with Crippen LogP contribution in [-0.2, 0) is 15.8 Å². The zero-order valence-corrected chi connectivity index (χ0v) is 16.1. The van der Waals surface area contributed by atoms with Gasteiger partial charge in [0.05, 0.1) is 30.0 Å². The Bertz CT molecular complexity index is 957. The van der Waals surface area contributed by atoms with Gasteiger partial charge in [0.15, 0.2) is 5.17 Å². The van der Waals surface area contributed by atoms with Gasteiger partial charge in [-0.25, -0.2) is 12.7 Å². The quantitative estimate of drug-likeness (QED) is 0.539. The van der Waals surface area contributed by atoms with Gasteiger partial charge < -0.3 is 4.74 Å². The fourth-order valence-electron chi connectivity index (χ4n) is 2.49. The molecule has 0 aliphatic carbocycles. The summed E-state index contributed by atoms with van der Waals surface area (Å²) in [5.41, 5.74) is 0.868. The molecule has 3 rings (SSSR count). The molecule has 8 nitrogen and oxygen atoms in total. The average molecular weight is 407 g/mol. The minimum Gasteiger partial charge on any atom is -0.497 e. The molecule has 27 heavy (non-hydrogen) atoms. The van der Waals surface area contributed by atoms with Crippen LogP contribution in [0.3, 0.4) is 0 Å². The van der Waals surface area contributed by atoms with Crippen molar-refractivity contribution < 1.29 is 18.1 Å². The summed E-state index contributed by atoms with van der Waals surface area (Å²) in [7, 11) is -2.18. The fourth-order valence-corrected chi connectivity index (χ4v) is 5.17. The number of thioether (sulfide) groups is 1. The minimum atomic E-state index is -3.70. The van der Waals surface area contributed by atoms with E-state index < -0.39 is 14.9 Å². The second kappa shape index (κ2) is 7.97. The highest BCUT2D eigenvalue weighted by Gasteiger charge is 2.30. The first kappa shape index (κ1) is 19.2. The molecule has 1 aliphatic heterocycles. The van der Waals surface area contributed by atoms with Gasteiger partial charge in [-0.3, -0.25) is 15.1 Å². The lowest BCUT2D eigenvalue weighted by Gasteiger charge is -2.20. The van der Waals surface area contributed by atoms with Crippen molar-refractivity contribution in [2.75, 3.05) is 20.2 Å². The molecular weight excluding hydrogens is 390 g/mol. The lowest BCUT2D eigenvalue weighted by molar-refractivity contribution is -0.384. The summed E-state index contributed by atoms with van der Waals surface area (Å²) in [5.74, 6) is 1.04. The molecule has 10 heteroatoms. The third-order valence-electron chi connectivity index (χ3n) is 3.93. The van der Waals surface area contributed by atoms with E-state index in [9.17, 15) is 18.5 Å². The first-order chi connectivity index (χ1) is 12.9. The van der Waals surface area contributed by atoms with Crippen LogP contribution in [0.5, 0.6) is 5.75 Å². The molecule has 2 aromatic carbocycles. The van der Waals surface area contributed by atoms with Crippen LogP contribution in [-0.4, -0.2) is 43.0 Å². The van der Waals surface area contributed by atoms with Crippen molar-refractivity contribution in [3.8, 4) is 5.75 Å². The zero-order valence-electron chi connectivity index (χ0n) is 14.4. The molecule has 1 aliphatic rings. The van der Waals surface area contributed by atoms with Gasteiger partial charge in [-0.2, -0.15) is 0 Å². The third kappa shape index (κ3) is 4.22. The topological polar surface area (TPSA) is 102 Å². The number of nitro benzene ring substituents is 1. The Morgan fingerprint density at radius 3 is 2.44 bits per heavy atom. The molecule has 0 unspecified atom stereocenters. The Kier molecular flexibility index (Phi) is 5.66. The second-order valence-corrected chi connectivity index (χ2v) is 8.43. The molecule has 0 radical (unpaired) electrons. The Balaban J connectivity index is 1.71. The van der Waals surface area contributed by atoms with E-state index in [2.05, 4.69) is 4.99 Å². The van der Waals surface area contributed by atoms with E-state index in [1.807, 2.05) is 0 Å². The van der Waals surface area contributed by atoms with Gasteiger partial charge in [0, 0.05) is 17.9 Å². The van der Waals surface area contributed by atoms with E-state index in [1.54, 1.807) is 24.3 Å². The molecular formula is C17H17N3O5S2. The van der Waals surface area contributed by atoms with Crippen molar-refractivity contribution >= 4 is 32.6 Å². The number of non-ortho nitro benzene ring substituents is 1. The van der Waals surface area contributed by atoms with Gasteiger partial charge in [-0.15, -0.1) is 0 Å². The number of nitrogens with zero attached hydrogens (tertiary/aromatic N) is 3. The molecule has 0 N–H and O–H groups in total. The highest BCUT2D eigenvalue weighted by Crippen LogP contribution is 2.27. The van der Waals surface area contributed by atoms with Crippen molar-refractivity contribution in [3.63, 3.8) is 0 Å². The van der Waals surface area contributed by atoms with Crippen LogP contribution in [0.4, 0.5) is 5.69 Å². The van der Waals surface area contributed by atoms with Crippen molar-refractivity contribution in [3.05, 3.63) is 64.2 Å².